The van der Waals surface area contributed by atoms with Crippen molar-refractivity contribution >= 4 is 0 Å². The molecule has 0 amide bonds. The summed E-state index contributed by atoms with van der Waals surface area (Å²) in [4.78, 5) is 2.58. The van der Waals surface area contributed by atoms with Gasteiger partial charge in [-0.05, 0) is 36.5 Å². The minimum Gasteiger partial charge on any atom is -0.396 e. The van der Waals surface area contributed by atoms with Gasteiger partial charge in [0.25, 0.3) is 0 Å². The van der Waals surface area contributed by atoms with Gasteiger partial charge in [-0.2, -0.15) is 0 Å². The first-order valence-corrected chi connectivity index (χ1v) is 5.98. The van der Waals surface area contributed by atoms with E-state index in [1.54, 1.807) is 0 Å². The van der Waals surface area contributed by atoms with E-state index in [0.29, 0.717) is 12.0 Å². The Kier molecular flexibility index (Phi) is 2.85. The summed E-state index contributed by atoms with van der Waals surface area (Å²) in [6, 6.07) is 0. The standard InChI is InChI=1S/C12H23NO/c1-10(2)11-7-13(8-11)9-12(3-4-12)5-6-14/h10-11,14H,3-9H2,1-2H3. The first kappa shape index (κ1) is 10.4. The normalized spacial score (nSPS) is 26.6. The van der Waals surface area contributed by atoms with Gasteiger partial charge in [0.05, 0.1) is 0 Å². The van der Waals surface area contributed by atoms with Gasteiger partial charge >= 0.3 is 0 Å². The fourth-order valence-corrected chi connectivity index (χ4v) is 2.54. The lowest BCUT2D eigenvalue weighted by atomic mass is 9.87. The molecule has 2 aliphatic rings. The third-order valence-electron chi connectivity index (χ3n) is 4.09. The van der Waals surface area contributed by atoms with Gasteiger partial charge in [0.15, 0.2) is 0 Å². The summed E-state index contributed by atoms with van der Waals surface area (Å²) in [5.74, 6) is 1.78. The number of likely N-dealkylation sites (tertiary alicyclic amines) is 1. The molecule has 0 radical (unpaired) electrons. The second-order valence-corrected chi connectivity index (χ2v) is 5.67. The molecular weight excluding hydrogens is 174 g/mol. The Morgan fingerprint density at radius 1 is 1.36 bits per heavy atom. The van der Waals surface area contributed by atoms with Gasteiger partial charge in [-0.3, -0.25) is 0 Å². The zero-order valence-corrected chi connectivity index (χ0v) is 9.50. The molecule has 2 heteroatoms. The topological polar surface area (TPSA) is 23.5 Å². The van der Waals surface area contributed by atoms with E-state index in [0.717, 1.165) is 18.3 Å². The Labute approximate surface area is 87.3 Å². The number of nitrogens with zero attached hydrogens (tertiary/aromatic N) is 1. The van der Waals surface area contributed by atoms with Gasteiger partial charge in [-0.25, -0.2) is 0 Å². The Hall–Kier alpha value is -0.0800. The monoisotopic (exact) mass is 197 g/mol. The fourth-order valence-electron chi connectivity index (χ4n) is 2.54. The van der Waals surface area contributed by atoms with Crippen LogP contribution in [0.2, 0.25) is 0 Å². The van der Waals surface area contributed by atoms with Crippen molar-refractivity contribution < 1.29 is 5.11 Å². The molecule has 1 saturated carbocycles. The summed E-state index contributed by atoms with van der Waals surface area (Å²) in [6.45, 7) is 8.86. The maximum absolute atomic E-state index is 8.97. The summed E-state index contributed by atoms with van der Waals surface area (Å²) >= 11 is 0. The molecule has 82 valence electrons. The van der Waals surface area contributed by atoms with Crippen LogP contribution in [0.25, 0.3) is 0 Å². The lowest BCUT2D eigenvalue weighted by molar-refractivity contribution is 0.0438. The molecule has 1 N–H and O–H groups in total. The molecule has 14 heavy (non-hydrogen) atoms. The molecule has 1 aliphatic heterocycles. The summed E-state index contributed by atoms with van der Waals surface area (Å²) in [5.41, 5.74) is 0.525. The van der Waals surface area contributed by atoms with Gasteiger partial charge in [0.1, 0.15) is 0 Å². The highest BCUT2D eigenvalue weighted by molar-refractivity contribution is 4.97. The molecule has 2 fully saturated rings. The quantitative estimate of drug-likeness (QED) is 0.725. The molecule has 0 unspecified atom stereocenters. The van der Waals surface area contributed by atoms with Crippen molar-refractivity contribution in [3.63, 3.8) is 0 Å². The molecule has 2 nitrogen and oxygen atoms in total. The minimum atomic E-state index is 0.376. The highest BCUT2D eigenvalue weighted by Gasteiger charge is 2.45. The molecule has 0 bridgehead atoms. The Bertz CT molecular complexity index is 192. The molecule has 2 rings (SSSR count). The summed E-state index contributed by atoms with van der Waals surface area (Å²) < 4.78 is 0. The summed E-state index contributed by atoms with van der Waals surface area (Å²) in [7, 11) is 0. The van der Waals surface area contributed by atoms with Gasteiger partial charge < -0.3 is 10.0 Å². The number of aliphatic hydroxyl groups is 1. The number of aliphatic hydroxyl groups excluding tert-OH is 1. The first-order valence-electron chi connectivity index (χ1n) is 5.98. The molecule has 1 heterocycles. The van der Waals surface area contributed by atoms with Crippen LogP contribution >= 0.6 is 0 Å². The number of hydrogen-bond acceptors (Lipinski definition) is 2. The lowest BCUT2D eigenvalue weighted by Gasteiger charge is -2.43. The maximum Gasteiger partial charge on any atom is 0.0436 e. The van der Waals surface area contributed by atoms with E-state index >= 15 is 0 Å². The SMILES string of the molecule is CC(C)C1CN(CC2(CCO)CC2)C1. The smallest absolute Gasteiger partial charge is 0.0436 e. The van der Waals surface area contributed by atoms with E-state index in [-0.39, 0.29) is 0 Å². The van der Waals surface area contributed by atoms with Crippen LogP contribution in [0.15, 0.2) is 0 Å². The van der Waals surface area contributed by atoms with Crippen molar-refractivity contribution in [2.45, 2.75) is 33.1 Å². The molecule has 0 aromatic heterocycles. The molecule has 1 saturated heterocycles. The van der Waals surface area contributed by atoms with Crippen LogP contribution in [-0.4, -0.2) is 36.2 Å². The van der Waals surface area contributed by atoms with Gasteiger partial charge in [0, 0.05) is 26.2 Å². The molecule has 0 spiro atoms. The second-order valence-electron chi connectivity index (χ2n) is 5.67. The van der Waals surface area contributed by atoms with E-state index in [1.807, 2.05) is 0 Å². The average Bonchev–Trinajstić information content (AvgIpc) is 2.77. The van der Waals surface area contributed by atoms with E-state index in [2.05, 4.69) is 18.7 Å². The minimum absolute atomic E-state index is 0.376. The van der Waals surface area contributed by atoms with Crippen LogP contribution < -0.4 is 0 Å². The van der Waals surface area contributed by atoms with E-state index < -0.39 is 0 Å². The Morgan fingerprint density at radius 2 is 2.00 bits per heavy atom. The van der Waals surface area contributed by atoms with Crippen molar-refractivity contribution in [3.8, 4) is 0 Å². The molecule has 0 aromatic rings. The van der Waals surface area contributed by atoms with Crippen molar-refractivity contribution in [2.24, 2.45) is 17.3 Å². The predicted octanol–water partition coefficient (Wildman–Crippen LogP) is 1.74. The van der Waals surface area contributed by atoms with Crippen LogP contribution in [0.5, 0.6) is 0 Å². The zero-order chi connectivity index (χ0) is 10.2. The second kappa shape index (κ2) is 3.82. The Balaban J connectivity index is 1.69. The summed E-state index contributed by atoms with van der Waals surface area (Å²) in [5, 5.41) is 8.97. The van der Waals surface area contributed by atoms with Crippen molar-refractivity contribution in [1.29, 1.82) is 0 Å². The van der Waals surface area contributed by atoms with E-state index in [4.69, 9.17) is 5.11 Å². The zero-order valence-electron chi connectivity index (χ0n) is 9.50. The predicted molar refractivity (Wildman–Crippen MR) is 58.1 cm³/mol. The Morgan fingerprint density at radius 3 is 2.43 bits per heavy atom. The fraction of sp³-hybridized carbons (Fsp3) is 1.00. The highest BCUT2D eigenvalue weighted by Crippen LogP contribution is 2.50. The van der Waals surface area contributed by atoms with Gasteiger partial charge in [-0.1, -0.05) is 13.8 Å². The molecule has 1 aliphatic carbocycles. The van der Waals surface area contributed by atoms with E-state index in [1.165, 1.54) is 32.5 Å². The highest BCUT2D eigenvalue weighted by atomic mass is 16.3. The van der Waals surface area contributed by atoms with Gasteiger partial charge in [0.2, 0.25) is 0 Å². The number of rotatable bonds is 5. The third kappa shape index (κ3) is 2.12. The molecular formula is C12H23NO. The van der Waals surface area contributed by atoms with Crippen molar-refractivity contribution in [1.82, 2.24) is 4.90 Å². The lowest BCUT2D eigenvalue weighted by Crippen LogP contribution is -2.51. The number of hydrogen-bond donors (Lipinski definition) is 1. The van der Waals surface area contributed by atoms with Crippen molar-refractivity contribution in [2.75, 3.05) is 26.2 Å². The van der Waals surface area contributed by atoms with Gasteiger partial charge in [-0.15, -0.1) is 0 Å². The third-order valence-corrected chi connectivity index (χ3v) is 4.09. The first-order chi connectivity index (χ1) is 6.65. The largest absolute Gasteiger partial charge is 0.396 e. The van der Waals surface area contributed by atoms with Crippen LogP contribution in [0.3, 0.4) is 0 Å². The van der Waals surface area contributed by atoms with Crippen LogP contribution in [0.1, 0.15) is 33.1 Å². The van der Waals surface area contributed by atoms with Crippen LogP contribution in [0.4, 0.5) is 0 Å². The van der Waals surface area contributed by atoms with Crippen molar-refractivity contribution in [3.05, 3.63) is 0 Å². The summed E-state index contributed by atoms with van der Waals surface area (Å²) in [6.07, 6.45) is 3.71. The molecule has 0 aromatic carbocycles. The average molecular weight is 197 g/mol. The van der Waals surface area contributed by atoms with Crippen LogP contribution in [0, 0.1) is 17.3 Å². The van der Waals surface area contributed by atoms with Crippen LogP contribution in [-0.2, 0) is 0 Å². The molecule has 0 atom stereocenters. The maximum atomic E-state index is 8.97. The van der Waals surface area contributed by atoms with E-state index in [9.17, 15) is 0 Å².